The van der Waals surface area contributed by atoms with Gasteiger partial charge in [-0.3, -0.25) is 0 Å². The van der Waals surface area contributed by atoms with Gasteiger partial charge in [-0.2, -0.15) is 0 Å². The Balaban J connectivity index is 2.30. The summed E-state index contributed by atoms with van der Waals surface area (Å²) in [6.07, 6.45) is 3.50. The molecule has 0 aliphatic carbocycles. The molecule has 1 aliphatic heterocycles. The summed E-state index contributed by atoms with van der Waals surface area (Å²) in [6, 6.07) is 0. The molecule has 2 N–H and O–H groups in total. The summed E-state index contributed by atoms with van der Waals surface area (Å²) in [5, 5.41) is 12.5. The van der Waals surface area contributed by atoms with Gasteiger partial charge in [-0.05, 0) is 13.3 Å². The third-order valence-electron chi connectivity index (χ3n) is 3.49. The fourth-order valence-corrected chi connectivity index (χ4v) is 2.69. The lowest BCUT2D eigenvalue weighted by Gasteiger charge is -2.37. The molecule has 1 fully saturated rings. The Hall–Kier alpha value is -1.40. The first-order valence-electron chi connectivity index (χ1n) is 7.22. The number of rotatable bonds is 5. The van der Waals surface area contributed by atoms with E-state index in [1.54, 1.807) is 6.33 Å². The van der Waals surface area contributed by atoms with E-state index in [2.05, 4.69) is 27.1 Å². The van der Waals surface area contributed by atoms with Crippen molar-refractivity contribution < 1.29 is 9.84 Å². The molecule has 0 saturated carbocycles. The number of aliphatic hydroxyl groups excluding tert-OH is 1. The number of ether oxygens (including phenoxy) is 1. The number of nitrogens with zero attached hydrogens (tertiary/aromatic N) is 3. The van der Waals surface area contributed by atoms with Crippen LogP contribution in [0.1, 0.15) is 25.8 Å². The van der Waals surface area contributed by atoms with Crippen LogP contribution in [0.2, 0.25) is 0 Å². The summed E-state index contributed by atoms with van der Waals surface area (Å²) in [4.78, 5) is 11.0. The van der Waals surface area contributed by atoms with Gasteiger partial charge in [0.1, 0.15) is 18.0 Å². The quantitative estimate of drug-likeness (QED) is 0.840. The highest BCUT2D eigenvalue weighted by Crippen LogP contribution is 2.27. The largest absolute Gasteiger partial charge is 0.394 e. The Morgan fingerprint density at radius 1 is 1.45 bits per heavy atom. The van der Waals surface area contributed by atoms with E-state index in [0.717, 1.165) is 36.6 Å². The van der Waals surface area contributed by atoms with Crippen LogP contribution in [0.25, 0.3) is 0 Å². The SMILES string of the molecule is CCCc1c(NC)ncnc1N1CC(C)OC(CO)C1. The van der Waals surface area contributed by atoms with Crippen LogP contribution in [0, 0.1) is 0 Å². The van der Waals surface area contributed by atoms with Crippen LogP contribution in [-0.4, -0.2) is 54.0 Å². The second-order valence-corrected chi connectivity index (χ2v) is 5.18. The van der Waals surface area contributed by atoms with E-state index in [1.165, 1.54) is 0 Å². The number of hydrogen-bond acceptors (Lipinski definition) is 6. The first-order chi connectivity index (χ1) is 9.69. The number of morpholine rings is 1. The van der Waals surface area contributed by atoms with Gasteiger partial charge in [0.05, 0.1) is 18.8 Å². The topological polar surface area (TPSA) is 70.5 Å². The number of aromatic nitrogens is 2. The fourth-order valence-electron chi connectivity index (χ4n) is 2.69. The molecule has 2 unspecified atom stereocenters. The molecule has 0 bridgehead atoms. The van der Waals surface area contributed by atoms with E-state index in [0.29, 0.717) is 6.54 Å². The zero-order valence-electron chi connectivity index (χ0n) is 12.5. The van der Waals surface area contributed by atoms with Gasteiger partial charge < -0.3 is 20.1 Å². The molecule has 0 amide bonds. The van der Waals surface area contributed by atoms with Crippen molar-refractivity contribution in [3.05, 3.63) is 11.9 Å². The van der Waals surface area contributed by atoms with Crippen molar-refractivity contribution in [2.75, 3.05) is 37.0 Å². The predicted octanol–water partition coefficient (Wildman–Crippen LogP) is 1.06. The highest BCUT2D eigenvalue weighted by molar-refractivity contribution is 5.59. The molecule has 1 saturated heterocycles. The summed E-state index contributed by atoms with van der Waals surface area (Å²) in [5.41, 5.74) is 1.14. The van der Waals surface area contributed by atoms with E-state index in [4.69, 9.17) is 4.74 Å². The van der Waals surface area contributed by atoms with Gasteiger partial charge in [0.15, 0.2) is 0 Å². The van der Waals surface area contributed by atoms with Crippen molar-refractivity contribution >= 4 is 11.6 Å². The van der Waals surface area contributed by atoms with Crippen LogP contribution >= 0.6 is 0 Å². The van der Waals surface area contributed by atoms with Crippen LogP contribution in [0.4, 0.5) is 11.6 Å². The molecule has 1 aromatic rings. The highest BCUT2D eigenvalue weighted by Gasteiger charge is 2.27. The Morgan fingerprint density at radius 2 is 2.25 bits per heavy atom. The van der Waals surface area contributed by atoms with Crippen LogP contribution in [0.3, 0.4) is 0 Å². The Labute approximate surface area is 120 Å². The van der Waals surface area contributed by atoms with Crippen molar-refractivity contribution in [2.45, 2.75) is 38.9 Å². The van der Waals surface area contributed by atoms with Crippen LogP contribution in [-0.2, 0) is 11.2 Å². The average Bonchev–Trinajstić information content (AvgIpc) is 2.47. The minimum absolute atomic E-state index is 0.0356. The summed E-state index contributed by atoms with van der Waals surface area (Å²) in [7, 11) is 1.88. The molecule has 2 atom stereocenters. The zero-order chi connectivity index (χ0) is 14.5. The fraction of sp³-hybridized carbons (Fsp3) is 0.714. The standard InChI is InChI=1S/C14H24N4O2/c1-4-5-12-13(15-3)16-9-17-14(12)18-6-10(2)20-11(7-18)8-19/h9-11,19H,4-8H2,1-3H3,(H,15,16,17). The summed E-state index contributed by atoms with van der Waals surface area (Å²) in [6.45, 7) is 5.65. The molecule has 1 aliphatic rings. The third kappa shape index (κ3) is 3.19. The van der Waals surface area contributed by atoms with Gasteiger partial charge in [-0.25, -0.2) is 9.97 Å². The second kappa shape index (κ2) is 6.85. The summed E-state index contributed by atoms with van der Waals surface area (Å²) < 4.78 is 5.69. The van der Waals surface area contributed by atoms with Crippen molar-refractivity contribution in [3.8, 4) is 0 Å². The number of nitrogens with one attached hydrogen (secondary N) is 1. The third-order valence-corrected chi connectivity index (χ3v) is 3.49. The van der Waals surface area contributed by atoms with Gasteiger partial charge >= 0.3 is 0 Å². The van der Waals surface area contributed by atoms with Crippen molar-refractivity contribution in [2.24, 2.45) is 0 Å². The van der Waals surface area contributed by atoms with Gasteiger partial charge in [0, 0.05) is 25.7 Å². The lowest BCUT2D eigenvalue weighted by Crippen LogP contribution is -2.48. The molecule has 2 rings (SSSR count). The summed E-state index contributed by atoms with van der Waals surface area (Å²) in [5.74, 6) is 1.84. The number of aliphatic hydroxyl groups is 1. The second-order valence-electron chi connectivity index (χ2n) is 5.18. The maximum Gasteiger partial charge on any atom is 0.137 e. The first kappa shape index (κ1) is 15.0. The van der Waals surface area contributed by atoms with Crippen molar-refractivity contribution in [1.29, 1.82) is 0 Å². The van der Waals surface area contributed by atoms with E-state index >= 15 is 0 Å². The zero-order valence-corrected chi connectivity index (χ0v) is 12.5. The Kier molecular flexibility index (Phi) is 5.14. The monoisotopic (exact) mass is 280 g/mol. The van der Waals surface area contributed by atoms with Gasteiger partial charge in [0.25, 0.3) is 0 Å². The van der Waals surface area contributed by atoms with Crippen LogP contribution in [0.15, 0.2) is 6.33 Å². The molecule has 0 radical (unpaired) electrons. The van der Waals surface area contributed by atoms with Crippen LogP contribution in [0.5, 0.6) is 0 Å². The predicted molar refractivity (Wildman–Crippen MR) is 79.2 cm³/mol. The molecule has 0 spiro atoms. The molecule has 6 nitrogen and oxygen atoms in total. The molecular weight excluding hydrogens is 256 g/mol. The maximum absolute atomic E-state index is 9.35. The molecule has 20 heavy (non-hydrogen) atoms. The minimum atomic E-state index is -0.152. The number of anilines is 2. The number of hydrogen-bond donors (Lipinski definition) is 2. The summed E-state index contributed by atoms with van der Waals surface area (Å²) >= 11 is 0. The normalized spacial score (nSPS) is 22.9. The van der Waals surface area contributed by atoms with E-state index in [-0.39, 0.29) is 18.8 Å². The molecule has 2 heterocycles. The lowest BCUT2D eigenvalue weighted by atomic mass is 10.1. The molecule has 6 heteroatoms. The molecule has 0 aromatic carbocycles. The van der Waals surface area contributed by atoms with Crippen molar-refractivity contribution in [1.82, 2.24) is 9.97 Å². The molecule has 112 valence electrons. The maximum atomic E-state index is 9.35. The highest BCUT2D eigenvalue weighted by atomic mass is 16.5. The van der Waals surface area contributed by atoms with Gasteiger partial charge in [0.2, 0.25) is 0 Å². The van der Waals surface area contributed by atoms with Crippen molar-refractivity contribution in [3.63, 3.8) is 0 Å². The smallest absolute Gasteiger partial charge is 0.137 e. The van der Waals surface area contributed by atoms with Gasteiger partial charge in [-0.1, -0.05) is 13.3 Å². The molecule has 1 aromatic heterocycles. The first-order valence-corrected chi connectivity index (χ1v) is 7.22. The Bertz CT molecular complexity index is 441. The minimum Gasteiger partial charge on any atom is -0.394 e. The lowest BCUT2D eigenvalue weighted by molar-refractivity contribution is -0.0423. The average molecular weight is 280 g/mol. The van der Waals surface area contributed by atoms with Crippen LogP contribution < -0.4 is 10.2 Å². The van der Waals surface area contributed by atoms with Gasteiger partial charge in [-0.15, -0.1) is 0 Å². The molecular formula is C14H24N4O2. The Morgan fingerprint density at radius 3 is 2.90 bits per heavy atom. The van der Waals surface area contributed by atoms with E-state index in [1.807, 2.05) is 14.0 Å². The van der Waals surface area contributed by atoms with E-state index < -0.39 is 0 Å². The van der Waals surface area contributed by atoms with E-state index in [9.17, 15) is 5.11 Å².